The number of aryl methyl sites for hydroxylation is 1. The molecule has 134 valence electrons. The molecule has 6 heteroatoms. The number of nitrogens with zero attached hydrogens (tertiary/aromatic N) is 3. The van der Waals surface area contributed by atoms with Gasteiger partial charge in [0.05, 0.1) is 19.3 Å². The van der Waals surface area contributed by atoms with Gasteiger partial charge in [0.25, 0.3) is 0 Å². The monoisotopic (exact) mass is 335 g/mol. The van der Waals surface area contributed by atoms with Crippen molar-refractivity contribution >= 4 is 11.6 Å². The molecule has 1 amide bonds. The topological polar surface area (TPSA) is 56.3 Å². The predicted molar refractivity (Wildman–Crippen MR) is 95.4 cm³/mol. The van der Waals surface area contributed by atoms with E-state index in [1.807, 2.05) is 16.8 Å². The third-order valence-corrected chi connectivity index (χ3v) is 4.29. The number of hydrogen-bond acceptors (Lipinski definition) is 5. The third kappa shape index (κ3) is 5.47. The minimum atomic E-state index is -0.564. The number of amides is 1. The number of carbonyl (C=O) groups excluding carboxylic acids is 1. The van der Waals surface area contributed by atoms with E-state index >= 15 is 0 Å². The molecule has 1 atom stereocenters. The molecule has 1 saturated heterocycles. The number of aliphatic hydroxyl groups excluding tert-OH is 1. The lowest BCUT2D eigenvalue weighted by molar-refractivity contribution is -0.132. The standard InChI is InChI=1S/C18H29N3O3/c1-15-5-4-6-16(11-15)20-7-9-21(10-8-20)18(23)13-19(2)12-17(22)14-24-3/h4-6,11,17,22H,7-10,12-14H2,1-3H3. The van der Waals surface area contributed by atoms with Crippen molar-refractivity contribution in [2.45, 2.75) is 13.0 Å². The van der Waals surface area contributed by atoms with Gasteiger partial charge >= 0.3 is 0 Å². The van der Waals surface area contributed by atoms with Gasteiger partial charge in [0, 0.05) is 45.5 Å². The fraction of sp³-hybridized carbons (Fsp3) is 0.611. The Kier molecular flexibility index (Phi) is 7.02. The summed E-state index contributed by atoms with van der Waals surface area (Å²) in [6.07, 6.45) is -0.564. The summed E-state index contributed by atoms with van der Waals surface area (Å²) in [5.41, 5.74) is 2.48. The maximum absolute atomic E-state index is 12.4. The molecule has 6 nitrogen and oxygen atoms in total. The van der Waals surface area contributed by atoms with Crippen LogP contribution in [0.25, 0.3) is 0 Å². The van der Waals surface area contributed by atoms with Crippen LogP contribution in [0.2, 0.25) is 0 Å². The Morgan fingerprint density at radius 2 is 2.04 bits per heavy atom. The first kappa shape index (κ1) is 18.7. The Hall–Kier alpha value is -1.63. The Morgan fingerprint density at radius 1 is 1.33 bits per heavy atom. The number of anilines is 1. The average Bonchev–Trinajstić information content (AvgIpc) is 2.55. The highest BCUT2D eigenvalue weighted by Gasteiger charge is 2.22. The van der Waals surface area contributed by atoms with E-state index in [1.165, 1.54) is 11.3 Å². The van der Waals surface area contributed by atoms with E-state index in [4.69, 9.17) is 4.74 Å². The highest BCUT2D eigenvalue weighted by molar-refractivity contribution is 5.78. The molecule has 0 radical (unpaired) electrons. The van der Waals surface area contributed by atoms with Crippen LogP contribution >= 0.6 is 0 Å². The van der Waals surface area contributed by atoms with E-state index in [1.54, 1.807) is 7.11 Å². The van der Waals surface area contributed by atoms with Crippen molar-refractivity contribution in [3.05, 3.63) is 29.8 Å². The van der Waals surface area contributed by atoms with E-state index in [0.29, 0.717) is 13.1 Å². The van der Waals surface area contributed by atoms with Gasteiger partial charge in [0.1, 0.15) is 0 Å². The molecule has 0 saturated carbocycles. The normalized spacial score (nSPS) is 16.5. The van der Waals surface area contributed by atoms with Crippen LogP contribution in [0.5, 0.6) is 0 Å². The lowest BCUT2D eigenvalue weighted by atomic mass is 10.2. The van der Waals surface area contributed by atoms with E-state index in [2.05, 4.69) is 36.1 Å². The molecular weight excluding hydrogens is 306 g/mol. The maximum Gasteiger partial charge on any atom is 0.236 e. The molecule has 1 aromatic carbocycles. The average molecular weight is 335 g/mol. The van der Waals surface area contributed by atoms with E-state index in [-0.39, 0.29) is 12.5 Å². The van der Waals surface area contributed by atoms with Crippen LogP contribution in [0.3, 0.4) is 0 Å². The molecule has 24 heavy (non-hydrogen) atoms. The molecule has 2 rings (SSSR count). The van der Waals surface area contributed by atoms with Crippen LogP contribution in [0.15, 0.2) is 24.3 Å². The first-order valence-corrected chi connectivity index (χ1v) is 8.44. The van der Waals surface area contributed by atoms with Gasteiger partial charge in [0.15, 0.2) is 0 Å². The minimum Gasteiger partial charge on any atom is -0.389 e. The zero-order chi connectivity index (χ0) is 17.5. The Balaban J connectivity index is 1.78. The molecule has 1 fully saturated rings. The van der Waals surface area contributed by atoms with Gasteiger partial charge in [-0.15, -0.1) is 0 Å². The van der Waals surface area contributed by atoms with Crippen LogP contribution in [0.1, 0.15) is 5.56 Å². The largest absolute Gasteiger partial charge is 0.389 e. The second-order valence-electron chi connectivity index (χ2n) is 6.51. The fourth-order valence-electron chi connectivity index (χ4n) is 3.04. The number of carbonyl (C=O) groups is 1. The van der Waals surface area contributed by atoms with Crippen LogP contribution < -0.4 is 4.90 Å². The maximum atomic E-state index is 12.4. The molecule has 1 N–H and O–H groups in total. The Morgan fingerprint density at radius 3 is 2.67 bits per heavy atom. The van der Waals surface area contributed by atoms with Crippen molar-refractivity contribution in [1.29, 1.82) is 0 Å². The number of hydrogen-bond donors (Lipinski definition) is 1. The number of methoxy groups -OCH3 is 1. The van der Waals surface area contributed by atoms with Gasteiger partial charge in [0.2, 0.25) is 5.91 Å². The van der Waals surface area contributed by atoms with Gasteiger partial charge in [-0.05, 0) is 31.7 Å². The summed E-state index contributed by atoms with van der Waals surface area (Å²) < 4.78 is 4.91. The van der Waals surface area contributed by atoms with Crippen molar-refractivity contribution < 1.29 is 14.6 Å². The fourth-order valence-corrected chi connectivity index (χ4v) is 3.04. The quantitative estimate of drug-likeness (QED) is 0.790. The number of piperazine rings is 1. The van der Waals surface area contributed by atoms with Gasteiger partial charge in [-0.25, -0.2) is 0 Å². The summed E-state index contributed by atoms with van der Waals surface area (Å²) in [5, 5.41) is 9.73. The molecular formula is C18H29N3O3. The Bertz CT molecular complexity index is 530. The number of likely N-dealkylation sites (N-methyl/N-ethyl adjacent to an activating group) is 1. The molecule has 1 unspecified atom stereocenters. The van der Waals surface area contributed by atoms with Crippen molar-refractivity contribution in [1.82, 2.24) is 9.80 Å². The molecule has 0 spiro atoms. The summed E-state index contributed by atoms with van der Waals surface area (Å²) in [6.45, 7) is 6.32. The number of rotatable bonds is 7. The number of benzene rings is 1. The number of ether oxygens (including phenoxy) is 1. The van der Waals surface area contributed by atoms with E-state index in [9.17, 15) is 9.90 Å². The van der Waals surface area contributed by atoms with Crippen molar-refractivity contribution in [2.24, 2.45) is 0 Å². The van der Waals surface area contributed by atoms with Crippen molar-refractivity contribution in [3.63, 3.8) is 0 Å². The lowest BCUT2D eigenvalue weighted by Gasteiger charge is -2.37. The highest BCUT2D eigenvalue weighted by Crippen LogP contribution is 2.17. The zero-order valence-corrected chi connectivity index (χ0v) is 14.9. The smallest absolute Gasteiger partial charge is 0.236 e. The molecule has 1 aliphatic heterocycles. The first-order valence-electron chi connectivity index (χ1n) is 8.44. The van der Waals surface area contributed by atoms with Crippen LogP contribution in [-0.2, 0) is 9.53 Å². The zero-order valence-electron chi connectivity index (χ0n) is 14.9. The van der Waals surface area contributed by atoms with Gasteiger partial charge in [-0.3, -0.25) is 9.69 Å². The van der Waals surface area contributed by atoms with E-state index < -0.39 is 6.10 Å². The van der Waals surface area contributed by atoms with Crippen LogP contribution in [0, 0.1) is 6.92 Å². The number of aliphatic hydroxyl groups is 1. The highest BCUT2D eigenvalue weighted by atomic mass is 16.5. The summed E-state index contributed by atoms with van der Waals surface area (Å²) >= 11 is 0. The van der Waals surface area contributed by atoms with E-state index in [0.717, 1.165) is 26.2 Å². The van der Waals surface area contributed by atoms with Crippen LogP contribution in [0.4, 0.5) is 5.69 Å². The molecule has 0 bridgehead atoms. The molecule has 1 aliphatic rings. The lowest BCUT2D eigenvalue weighted by Crippen LogP contribution is -2.51. The third-order valence-electron chi connectivity index (χ3n) is 4.29. The minimum absolute atomic E-state index is 0.117. The molecule has 0 aromatic heterocycles. The first-order chi connectivity index (χ1) is 11.5. The Labute approximate surface area is 144 Å². The second kappa shape index (κ2) is 9.01. The summed E-state index contributed by atoms with van der Waals surface area (Å²) in [4.78, 5) is 18.5. The van der Waals surface area contributed by atoms with Crippen LogP contribution in [-0.4, -0.2) is 87.0 Å². The van der Waals surface area contributed by atoms with Crippen molar-refractivity contribution in [3.8, 4) is 0 Å². The summed E-state index contributed by atoms with van der Waals surface area (Å²) in [6, 6.07) is 8.47. The van der Waals surface area contributed by atoms with Gasteiger partial charge in [-0.2, -0.15) is 0 Å². The second-order valence-corrected chi connectivity index (χ2v) is 6.51. The van der Waals surface area contributed by atoms with Gasteiger partial charge < -0.3 is 19.6 Å². The van der Waals surface area contributed by atoms with Gasteiger partial charge in [-0.1, -0.05) is 12.1 Å². The summed E-state index contributed by atoms with van der Waals surface area (Å²) in [7, 11) is 3.40. The summed E-state index contributed by atoms with van der Waals surface area (Å²) in [5.74, 6) is 0.117. The SMILES string of the molecule is COCC(O)CN(C)CC(=O)N1CCN(c2cccc(C)c2)CC1. The molecule has 1 aromatic rings. The molecule has 1 heterocycles. The molecule has 0 aliphatic carbocycles. The van der Waals surface area contributed by atoms with Crippen molar-refractivity contribution in [2.75, 3.05) is 64.9 Å². The predicted octanol–water partition coefficient (Wildman–Crippen LogP) is 0.583.